The normalized spacial score (nSPS) is 48.5. The summed E-state index contributed by atoms with van der Waals surface area (Å²) in [7, 11) is 4.35. The number of esters is 1. The molecule has 0 aromatic rings. The number of aliphatic hydroxyl groups is 4. The van der Waals surface area contributed by atoms with E-state index in [-0.39, 0.29) is 25.0 Å². The monoisotopic (exact) mass is 733 g/mol. The van der Waals surface area contributed by atoms with E-state index in [9.17, 15) is 35.2 Å². The van der Waals surface area contributed by atoms with E-state index < -0.39 is 119 Å². The van der Waals surface area contributed by atoms with Gasteiger partial charge >= 0.3 is 5.97 Å². The van der Waals surface area contributed by atoms with Gasteiger partial charge in [0.2, 0.25) is 0 Å². The number of ether oxygens (including phenoxy) is 6. The Kier molecular flexibility index (Phi) is 14.7. The van der Waals surface area contributed by atoms with Crippen LogP contribution in [0.15, 0.2) is 0 Å². The highest BCUT2D eigenvalue weighted by Gasteiger charge is 2.53. The molecule has 0 aromatic carbocycles. The highest BCUT2D eigenvalue weighted by atomic mass is 16.7. The summed E-state index contributed by atoms with van der Waals surface area (Å²) in [6, 6.07) is -0.801. The molecule has 3 saturated heterocycles. The number of ketones is 1. The lowest BCUT2D eigenvalue weighted by Crippen LogP contribution is -2.63. The summed E-state index contributed by atoms with van der Waals surface area (Å²) in [6.07, 6.45) is -9.33. The number of aliphatic hydroxyl groups excluding tert-OH is 3. The van der Waals surface area contributed by atoms with Crippen LogP contribution >= 0.6 is 0 Å². The van der Waals surface area contributed by atoms with Crippen molar-refractivity contribution in [2.75, 3.05) is 21.2 Å². The Hall–Kier alpha value is -1.30. The average Bonchev–Trinajstić information content (AvgIpc) is 3.05. The number of carbonyl (C=O) groups is 2. The zero-order valence-electron chi connectivity index (χ0n) is 33.0. The van der Waals surface area contributed by atoms with Gasteiger partial charge in [-0.25, -0.2) is 0 Å². The maximum Gasteiger partial charge on any atom is 0.311 e. The molecule has 51 heavy (non-hydrogen) atoms. The Morgan fingerprint density at radius 1 is 0.902 bits per heavy atom. The minimum Gasteiger partial charge on any atom is -0.633 e. The lowest BCUT2D eigenvalue weighted by Gasteiger charge is -2.51. The van der Waals surface area contributed by atoms with E-state index >= 15 is 0 Å². The molecule has 18 atom stereocenters. The molecule has 3 rings (SSSR count). The highest BCUT2D eigenvalue weighted by Crippen LogP contribution is 2.40. The van der Waals surface area contributed by atoms with E-state index in [1.165, 1.54) is 28.1 Å². The van der Waals surface area contributed by atoms with Crippen molar-refractivity contribution in [3.05, 3.63) is 5.21 Å². The maximum atomic E-state index is 14.0. The van der Waals surface area contributed by atoms with Crippen molar-refractivity contribution in [1.82, 2.24) is 0 Å². The molecule has 0 aromatic heterocycles. The standard InChI is InChI=1S/C37H67NO13/c1-14-26-20(4)29(40)21(5)28(39)18(2)16-36(9,44)33(51-35-30(41)25(38(11,12)45)15-19(3)47-35)22(6)31(23(7)34(43)49-26)50-27-17-37(10,46-13)32(42)24(8)48-27/h18-27,29-33,35,40-42,44H,14-17H2,1-13H3. The van der Waals surface area contributed by atoms with Crippen LogP contribution in [0.2, 0.25) is 0 Å². The number of quaternary nitrogens is 1. The fourth-order valence-electron chi connectivity index (χ4n) is 8.46. The molecule has 3 aliphatic rings. The van der Waals surface area contributed by atoms with Crippen LogP contribution < -0.4 is 0 Å². The van der Waals surface area contributed by atoms with Crippen LogP contribution in [0.4, 0.5) is 0 Å². The molecule has 3 fully saturated rings. The lowest BCUT2D eigenvalue weighted by molar-refractivity contribution is -0.874. The molecule has 14 nitrogen and oxygen atoms in total. The number of hydroxylamine groups is 3. The zero-order chi connectivity index (χ0) is 39.0. The second kappa shape index (κ2) is 17.0. The van der Waals surface area contributed by atoms with Gasteiger partial charge in [-0.1, -0.05) is 34.6 Å². The van der Waals surface area contributed by atoms with Gasteiger partial charge in [0.1, 0.15) is 24.0 Å². The third-order valence-corrected chi connectivity index (χ3v) is 11.9. The molecule has 0 spiro atoms. The number of methoxy groups -OCH3 is 1. The van der Waals surface area contributed by atoms with Gasteiger partial charge in [0.15, 0.2) is 18.7 Å². The van der Waals surface area contributed by atoms with Gasteiger partial charge in [-0.15, -0.1) is 0 Å². The number of Topliss-reactive ketones (excluding diaryl/α,β-unsaturated/α-hetero) is 1. The van der Waals surface area contributed by atoms with Crippen LogP contribution in [0.1, 0.15) is 94.9 Å². The third-order valence-electron chi connectivity index (χ3n) is 11.9. The summed E-state index contributed by atoms with van der Waals surface area (Å²) >= 11 is 0. The van der Waals surface area contributed by atoms with Crippen LogP contribution in [-0.2, 0) is 38.0 Å². The van der Waals surface area contributed by atoms with Gasteiger partial charge in [-0.2, -0.15) is 0 Å². The molecule has 18 unspecified atom stereocenters. The van der Waals surface area contributed by atoms with Crippen LogP contribution in [0.25, 0.3) is 0 Å². The molecular formula is C37H67NO13. The second-order valence-corrected chi connectivity index (χ2v) is 16.7. The van der Waals surface area contributed by atoms with Crippen LogP contribution in [0.3, 0.4) is 0 Å². The predicted octanol–water partition coefficient (Wildman–Crippen LogP) is 2.68. The number of likely N-dealkylation sites (N-methyl/N-ethyl adjacent to an activating group) is 1. The Balaban J connectivity index is 2.17. The Labute approximate surface area is 304 Å². The second-order valence-electron chi connectivity index (χ2n) is 16.7. The predicted molar refractivity (Wildman–Crippen MR) is 187 cm³/mol. The smallest absolute Gasteiger partial charge is 0.311 e. The molecule has 298 valence electrons. The molecule has 0 bridgehead atoms. The summed E-state index contributed by atoms with van der Waals surface area (Å²) in [5.41, 5.74) is -2.84. The first-order valence-electron chi connectivity index (χ1n) is 18.6. The molecule has 0 aliphatic carbocycles. The first-order chi connectivity index (χ1) is 23.4. The van der Waals surface area contributed by atoms with Crippen molar-refractivity contribution >= 4 is 11.8 Å². The van der Waals surface area contributed by atoms with Crippen molar-refractivity contribution in [3.8, 4) is 0 Å². The molecule has 14 heteroatoms. The quantitative estimate of drug-likeness (QED) is 0.170. The van der Waals surface area contributed by atoms with E-state index in [0.29, 0.717) is 6.42 Å². The first-order valence-corrected chi connectivity index (χ1v) is 18.6. The lowest BCUT2D eigenvalue weighted by atomic mass is 9.74. The minimum absolute atomic E-state index is 0.103. The van der Waals surface area contributed by atoms with E-state index in [1.54, 1.807) is 55.4 Å². The number of hydrogen-bond donors (Lipinski definition) is 4. The van der Waals surface area contributed by atoms with Gasteiger partial charge in [-0.05, 0) is 47.5 Å². The van der Waals surface area contributed by atoms with Crippen LogP contribution in [0, 0.1) is 34.8 Å². The van der Waals surface area contributed by atoms with E-state index in [0.717, 1.165) is 0 Å². The van der Waals surface area contributed by atoms with Gasteiger partial charge in [-0.3, -0.25) is 9.59 Å². The highest BCUT2D eigenvalue weighted by molar-refractivity contribution is 5.83. The fourth-order valence-corrected chi connectivity index (χ4v) is 8.46. The van der Waals surface area contributed by atoms with Gasteiger partial charge in [0.05, 0.1) is 61.7 Å². The molecule has 0 amide bonds. The van der Waals surface area contributed by atoms with Gasteiger partial charge in [0.25, 0.3) is 0 Å². The van der Waals surface area contributed by atoms with Crippen molar-refractivity contribution in [1.29, 1.82) is 0 Å². The molecule has 3 aliphatic heterocycles. The zero-order valence-corrected chi connectivity index (χ0v) is 33.0. The van der Waals surface area contributed by atoms with E-state index in [2.05, 4.69) is 0 Å². The van der Waals surface area contributed by atoms with Crippen molar-refractivity contribution in [3.63, 3.8) is 0 Å². The minimum atomic E-state index is -1.80. The fraction of sp³-hybridized carbons (Fsp3) is 0.946. The molecule has 4 N–H and O–H groups in total. The Morgan fingerprint density at radius 3 is 2.06 bits per heavy atom. The van der Waals surface area contributed by atoms with E-state index in [1.807, 2.05) is 6.92 Å². The van der Waals surface area contributed by atoms with Gasteiger partial charge < -0.3 is 58.7 Å². The van der Waals surface area contributed by atoms with Crippen LogP contribution in [0.5, 0.6) is 0 Å². The Morgan fingerprint density at radius 2 is 1.51 bits per heavy atom. The third kappa shape index (κ3) is 9.88. The number of carbonyl (C=O) groups excluding carboxylic acids is 2. The van der Waals surface area contributed by atoms with Crippen LogP contribution in [-0.4, -0.2) is 137 Å². The Bertz CT molecular complexity index is 1160. The summed E-state index contributed by atoms with van der Waals surface area (Å²) in [5, 5.41) is 59.1. The summed E-state index contributed by atoms with van der Waals surface area (Å²) in [6.45, 7) is 17.0. The molecule has 3 heterocycles. The number of hydrogen-bond acceptors (Lipinski definition) is 13. The molecular weight excluding hydrogens is 666 g/mol. The van der Waals surface area contributed by atoms with E-state index in [4.69, 9.17) is 28.4 Å². The SMILES string of the molecule is CCC1OC(=O)C(C)C(OC2CC(C)(OC)C(O)C(C)O2)C(C)C(OC2OC(C)CC([N+](C)(C)[O-])C2O)C(C)(O)CC(C)C(=O)C(C)C(O)C1C. The first kappa shape index (κ1) is 44.1. The largest absolute Gasteiger partial charge is 0.633 e. The summed E-state index contributed by atoms with van der Waals surface area (Å²) in [5.74, 6) is -4.91. The van der Waals surface area contributed by atoms with Crippen molar-refractivity contribution < 1.29 is 63.1 Å². The summed E-state index contributed by atoms with van der Waals surface area (Å²) in [4.78, 5) is 27.8. The van der Waals surface area contributed by atoms with Gasteiger partial charge in [0, 0.05) is 43.6 Å². The van der Waals surface area contributed by atoms with Crippen molar-refractivity contribution in [2.24, 2.45) is 29.6 Å². The molecule has 0 saturated carbocycles. The topological polar surface area (TPSA) is 194 Å². The number of nitrogens with zero attached hydrogens (tertiary/aromatic N) is 1. The number of rotatable bonds is 7. The average molecular weight is 734 g/mol. The molecule has 0 radical (unpaired) electrons. The maximum absolute atomic E-state index is 14.0. The van der Waals surface area contributed by atoms with Crippen molar-refractivity contribution in [2.45, 2.75) is 174 Å². The number of cyclic esters (lactones) is 1. The summed E-state index contributed by atoms with van der Waals surface area (Å²) < 4.78 is 36.3.